The van der Waals surface area contributed by atoms with E-state index in [1.54, 1.807) is 40.6 Å². The Morgan fingerprint density at radius 2 is 1.80 bits per heavy atom. The summed E-state index contributed by atoms with van der Waals surface area (Å²) in [6.07, 6.45) is 4.72. The third-order valence-electron chi connectivity index (χ3n) is 4.48. The SMILES string of the molecule is COc1cc(C(=O)CCCN2CC[CH]C(OC)C2)cc(OC)c1OC. The lowest BCUT2D eigenvalue weighted by Gasteiger charge is -2.31. The van der Waals surface area contributed by atoms with Crippen LogP contribution in [0.2, 0.25) is 0 Å². The van der Waals surface area contributed by atoms with E-state index in [1.807, 2.05) is 0 Å². The van der Waals surface area contributed by atoms with Crippen LogP contribution in [-0.4, -0.2) is 64.9 Å². The van der Waals surface area contributed by atoms with Crippen LogP contribution < -0.4 is 14.2 Å². The first kappa shape index (κ1) is 19.5. The fourth-order valence-electron chi connectivity index (χ4n) is 3.09. The number of hydrogen-bond donors (Lipinski definition) is 0. The molecule has 1 radical (unpaired) electrons. The van der Waals surface area contributed by atoms with Gasteiger partial charge in [-0.1, -0.05) is 0 Å². The van der Waals surface area contributed by atoms with Gasteiger partial charge in [-0.3, -0.25) is 4.79 Å². The van der Waals surface area contributed by atoms with Crippen LogP contribution in [0, 0.1) is 6.42 Å². The van der Waals surface area contributed by atoms with E-state index in [-0.39, 0.29) is 11.9 Å². The zero-order valence-electron chi connectivity index (χ0n) is 15.5. The third-order valence-corrected chi connectivity index (χ3v) is 4.48. The Kier molecular flexibility index (Phi) is 7.52. The second-order valence-electron chi connectivity index (χ2n) is 6.04. The van der Waals surface area contributed by atoms with Gasteiger partial charge >= 0.3 is 0 Å². The lowest BCUT2D eigenvalue weighted by atomic mass is 10.0. The van der Waals surface area contributed by atoms with Gasteiger partial charge in [0.25, 0.3) is 0 Å². The molecule has 1 heterocycles. The number of carbonyl (C=O) groups excluding carboxylic acids is 1. The zero-order valence-corrected chi connectivity index (χ0v) is 15.5. The summed E-state index contributed by atoms with van der Waals surface area (Å²) in [7, 11) is 6.38. The Morgan fingerprint density at radius 3 is 2.36 bits per heavy atom. The Hall–Kier alpha value is -1.79. The van der Waals surface area contributed by atoms with Crippen molar-refractivity contribution in [2.75, 3.05) is 48.1 Å². The van der Waals surface area contributed by atoms with E-state index in [2.05, 4.69) is 11.3 Å². The number of nitrogens with zero attached hydrogens (tertiary/aromatic N) is 1. The van der Waals surface area contributed by atoms with Crippen molar-refractivity contribution in [2.45, 2.75) is 25.4 Å². The molecule has 139 valence electrons. The molecular formula is C19H28NO5. The predicted molar refractivity (Wildman–Crippen MR) is 95.8 cm³/mol. The summed E-state index contributed by atoms with van der Waals surface area (Å²) >= 11 is 0. The van der Waals surface area contributed by atoms with Crippen molar-refractivity contribution in [1.29, 1.82) is 0 Å². The normalized spacial score (nSPS) is 18.0. The second kappa shape index (κ2) is 9.63. The van der Waals surface area contributed by atoms with Gasteiger partial charge < -0.3 is 23.8 Å². The molecule has 0 aromatic heterocycles. The molecule has 0 bridgehead atoms. The Morgan fingerprint density at radius 1 is 1.12 bits per heavy atom. The molecule has 1 atom stereocenters. The number of carbonyl (C=O) groups is 1. The summed E-state index contributed by atoms with van der Waals surface area (Å²) in [5.74, 6) is 1.57. The predicted octanol–water partition coefficient (Wildman–Crippen LogP) is 2.60. The van der Waals surface area contributed by atoms with Crippen LogP contribution >= 0.6 is 0 Å². The van der Waals surface area contributed by atoms with E-state index in [0.717, 1.165) is 32.5 Å². The minimum Gasteiger partial charge on any atom is -0.493 e. The standard InChI is InChI=1S/C19H28NO5/c1-22-15-7-5-9-20(13-15)10-6-8-16(21)14-11-17(23-2)19(25-4)18(12-14)24-3/h7,11-12,15H,5-6,8-10,13H2,1-4H3. The molecule has 1 saturated heterocycles. The number of ether oxygens (including phenoxy) is 4. The average Bonchev–Trinajstić information content (AvgIpc) is 2.66. The summed E-state index contributed by atoms with van der Waals surface area (Å²) < 4.78 is 21.3. The lowest BCUT2D eigenvalue weighted by molar-refractivity contribution is 0.0632. The number of Topliss-reactive ketones (excluding diaryl/α,β-unsaturated/α-hetero) is 1. The van der Waals surface area contributed by atoms with Crippen LogP contribution in [0.15, 0.2) is 12.1 Å². The maximum atomic E-state index is 12.5. The summed E-state index contributed by atoms with van der Waals surface area (Å²) in [5, 5.41) is 0. The van der Waals surface area contributed by atoms with Crippen LogP contribution in [-0.2, 0) is 4.74 Å². The summed E-state index contributed by atoms with van der Waals surface area (Å²) in [6.45, 7) is 2.82. The van der Waals surface area contributed by atoms with E-state index in [9.17, 15) is 4.79 Å². The largest absolute Gasteiger partial charge is 0.493 e. The van der Waals surface area contributed by atoms with Gasteiger partial charge in [-0.15, -0.1) is 0 Å². The summed E-state index contributed by atoms with van der Waals surface area (Å²) in [6, 6.07) is 3.42. The Balaban J connectivity index is 1.94. The molecule has 0 aliphatic carbocycles. The van der Waals surface area contributed by atoms with Crippen molar-refractivity contribution in [2.24, 2.45) is 0 Å². The number of rotatable bonds is 9. The zero-order chi connectivity index (χ0) is 18.2. The highest BCUT2D eigenvalue weighted by molar-refractivity contribution is 5.97. The van der Waals surface area contributed by atoms with E-state index < -0.39 is 0 Å². The minimum atomic E-state index is 0.0751. The molecule has 1 aromatic rings. The number of benzene rings is 1. The molecular weight excluding hydrogens is 322 g/mol. The smallest absolute Gasteiger partial charge is 0.203 e. The molecule has 0 N–H and O–H groups in total. The lowest BCUT2D eigenvalue weighted by Crippen LogP contribution is -2.40. The van der Waals surface area contributed by atoms with E-state index >= 15 is 0 Å². The molecule has 0 spiro atoms. The van der Waals surface area contributed by atoms with Crippen LogP contribution in [0.3, 0.4) is 0 Å². The van der Waals surface area contributed by atoms with Crippen molar-refractivity contribution in [3.05, 3.63) is 24.1 Å². The molecule has 0 saturated carbocycles. The van der Waals surface area contributed by atoms with Crippen molar-refractivity contribution < 1.29 is 23.7 Å². The van der Waals surface area contributed by atoms with Gasteiger partial charge in [0.05, 0.1) is 27.4 Å². The molecule has 1 aliphatic heterocycles. The van der Waals surface area contributed by atoms with Gasteiger partial charge in [0.15, 0.2) is 17.3 Å². The molecule has 25 heavy (non-hydrogen) atoms. The highest BCUT2D eigenvalue weighted by Gasteiger charge is 2.20. The van der Waals surface area contributed by atoms with Gasteiger partial charge in [0, 0.05) is 25.6 Å². The molecule has 1 aromatic carbocycles. The quantitative estimate of drug-likeness (QED) is 0.638. The molecule has 0 amide bonds. The number of methoxy groups -OCH3 is 4. The van der Waals surface area contributed by atoms with E-state index in [0.29, 0.717) is 29.2 Å². The topological polar surface area (TPSA) is 57.2 Å². The fraction of sp³-hybridized carbons (Fsp3) is 0.579. The van der Waals surface area contributed by atoms with Crippen molar-refractivity contribution in [1.82, 2.24) is 4.90 Å². The van der Waals surface area contributed by atoms with Crippen molar-refractivity contribution >= 4 is 5.78 Å². The van der Waals surface area contributed by atoms with Crippen molar-refractivity contribution in [3.8, 4) is 17.2 Å². The first-order chi connectivity index (χ1) is 12.1. The average molecular weight is 350 g/mol. The molecule has 1 aliphatic rings. The summed E-state index contributed by atoms with van der Waals surface area (Å²) in [5.41, 5.74) is 0.580. The monoisotopic (exact) mass is 350 g/mol. The highest BCUT2D eigenvalue weighted by Crippen LogP contribution is 2.38. The third kappa shape index (κ3) is 5.09. The molecule has 1 fully saturated rings. The first-order valence-electron chi connectivity index (χ1n) is 8.54. The highest BCUT2D eigenvalue weighted by atomic mass is 16.5. The van der Waals surface area contributed by atoms with Gasteiger partial charge in [-0.25, -0.2) is 0 Å². The van der Waals surface area contributed by atoms with Crippen LogP contribution in [0.1, 0.15) is 29.6 Å². The van der Waals surface area contributed by atoms with E-state index in [1.165, 1.54) is 0 Å². The molecule has 1 unspecified atom stereocenters. The second-order valence-corrected chi connectivity index (χ2v) is 6.04. The van der Waals surface area contributed by atoms with Crippen LogP contribution in [0.4, 0.5) is 0 Å². The maximum Gasteiger partial charge on any atom is 0.203 e. The number of hydrogen-bond acceptors (Lipinski definition) is 6. The van der Waals surface area contributed by atoms with Crippen LogP contribution in [0.5, 0.6) is 17.2 Å². The number of piperidine rings is 1. The fourth-order valence-corrected chi connectivity index (χ4v) is 3.09. The Bertz CT molecular complexity index is 550. The van der Waals surface area contributed by atoms with Gasteiger partial charge in [0.1, 0.15) is 0 Å². The van der Waals surface area contributed by atoms with E-state index in [4.69, 9.17) is 18.9 Å². The minimum absolute atomic E-state index is 0.0751. The van der Waals surface area contributed by atoms with Crippen LogP contribution in [0.25, 0.3) is 0 Å². The van der Waals surface area contributed by atoms with Gasteiger partial charge in [-0.05, 0) is 44.5 Å². The van der Waals surface area contributed by atoms with Gasteiger partial charge in [-0.2, -0.15) is 0 Å². The Labute approximate surface area is 150 Å². The number of ketones is 1. The maximum absolute atomic E-state index is 12.5. The number of likely N-dealkylation sites (tertiary alicyclic amines) is 1. The summed E-state index contributed by atoms with van der Waals surface area (Å²) in [4.78, 5) is 14.9. The first-order valence-corrected chi connectivity index (χ1v) is 8.54. The van der Waals surface area contributed by atoms with Crippen molar-refractivity contribution in [3.63, 3.8) is 0 Å². The molecule has 2 rings (SSSR count). The molecule has 6 nitrogen and oxygen atoms in total. The van der Waals surface area contributed by atoms with Gasteiger partial charge in [0.2, 0.25) is 5.75 Å². The molecule has 6 heteroatoms.